The van der Waals surface area contributed by atoms with E-state index >= 15 is 0 Å². The van der Waals surface area contributed by atoms with E-state index in [1.807, 2.05) is 0 Å². The quantitative estimate of drug-likeness (QED) is 0.125. The molecule has 9 atom stereocenters. The van der Waals surface area contributed by atoms with Gasteiger partial charge in [-0.2, -0.15) is 0 Å². The lowest BCUT2D eigenvalue weighted by Crippen LogP contribution is -2.67. The monoisotopic (exact) mass is 491 g/mol. The largest absolute Gasteiger partial charge is 0.441 e. The fraction of sp³-hybridized carbons (Fsp3) is 0.900. The molecule has 0 aromatic carbocycles. The molecule has 2 fully saturated rings. The van der Waals surface area contributed by atoms with Gasteiger partial charge in [0.05, 0.1) is 18.2 Å². The first-order valence-corrected chi connectivity index (χ1v) is 11.7. The second-order valence-electron chi connectivity index (χ2n) is 8.74. The molecule has 2 aliphatic rings. The van der Waals surface area contributed by atoms with Gasteiger partial charge in [-0.15, -0.1) is 0 Å². The van der Waals surface area contributed by atoms with Crippen molar-refractivity contribution in [2.45, 2.75) is 87.0 Å². The summed E-state index contributed by atoms with van der Waals surface area (Å²) < 4.78 is 17.4. The number of ether oxygens (including phenoxy) is 3. The summed E-state index contributed by atoms with van der Waals surface area (Å²) in [5, 5.41) is 26.0. The number of aliphatic hydroxyl groups excluding tert-OH is 2. The van der Waals surface area contributed by atoms with Crippen LogP contribution in [0.25, 0.3) is 0 Å². The molecule has 1 saturated heterocycles. The van der Waals surface area contributed by atoms with Gasteiger partial charge in [0.1, 0.15) is 18.3 Å². The number of amides is 2. The molecule has 0 radical (unpaired) electrons. The lowest BCUT2D eigenvalue weighted by Gasteiger charge is -2.45. The molecule has 0 bridgehead atoms. The maximum atomic E-state index is 12.4. The molecule has 1 aliphatic heterocycles. The average Bonchev–Trinajstić information content (AvgIpc) is 2.80. The summed E-state index contributed by atoms with van der Waals surface area (Å²) in [5.41, 5.74) is 29.0. The Morgan fingerprint density at radius 1 is 1.09 bits per heavy atom. The number of aliphatic hydroxyl groups is 2. The lowest BCUT2D eigenvalue weighted by molar-refractivity contribution is -0.252. The number of hydrogen-bond acceptors (Lipinski definition) is 12. The van der Waals surface area contributed by atoms with E-state index in [-0.39, 0.29) is 38.6 Å². The summed E-state index contributed by atoms with van der Waals surface area (Å²) >= 11 is 0. The van der Waals surface area contributed by atoms with Crippen LogP contribution in [0, 0.1) is 0 Å². The van der Waals surface area contributed by atoms with Crippen molar-refractivity contribution < 1.29 is 34.0 Å². The Morgan fingerprint density at radius 2 is 1.82 bits per heavy atom. The SMILES string of the molecule is NCCCNC(=O)O[C@@H]1[C@@H](O)[C@H](NC(=O)[C@@H](O)CCN)C[C@H](N)[C@H]1O[C@H]1O[C@H](CN)CC[C@H]1N. The standard InChI is InChI=1S/C20H41N7O7/c21-5-1-7-26-20(31)34-17-15(29)13(27-18(30)14(28)4-6-22)8-12(25)16(17)33-19-11(24)3-2-10(9-23)32-19/h10-17,19,28-29H,1-9,21-25H2,(H,26,31)(H,27,30)/t10-,11+,12-,13+,14-,15-,16+,17+,19+/m0/s1. The number of carbonyl (C=O) groups is 2. The van der Waals surface area contributed by atoms with E-state index in [1.165, 1.54) is 0 Å². The molecule has 1 aliphatic carbocycles. The van der Waals surface area contributed by atoms with Crippen molar-refractivity contribution in [3.63, 3.8) is 0 Å². The van der Waals surface area contributed by atoms with Crippen LogP contribution in [0.5, 0.6) is 0 Å². The van der Waals surface area contributed by atoms with Crippen LogP contribution < -0.4 is 39.3 Å². The zero-order valence-corrected chi connectivity index (χ0v) is 19.4. The van der Waals surface area contributed by atoms with Crippen molar-refractivity contribution in [2.75, 3.05) is 26.2 Å². The molecule has 1 heterocycles. The Labute approximate surface area is 199 Å². The van der Waals surface area contributed by atoms with E-state index in [0.717, 1.165) is 0 Å². The van der Waals surface area contributed by atoms with Gasteiger partial charge in [-0.1, -0.05) is 0 Å². The van der Waals surface area contributed by atoms with Crippen LogP contribution in [-0.2, 0) is 19.0 Å². The van der Waals surface area contributed by atoms with Gasteiger partial charge >= 0.3 is 6.09 Å². The predicted octanol–water partition coefficient (Wildman–Crippen LogP) is -4.11. The van der Waals surface area contributed by atoms with Gasteiger partial charge in [0.15, 0.2) is 12.4 Å². The van der Waals surface area contributed by atoms with E-state index in [0.29, 0.717) is 25.8 Å². The van der Waals surface area contributed by atoms with Gasteiger partial charge in [0, 0.05) is 19.1 Å². The van der Waals surface area contributed by atoms with Crippen LogP contribution in [0.3, 0.4) is 0 Å². The number of carbonyl (C=O) groups excluding carboxylic acids is 2. The Bertz CT molecular complexity index is 646. The molecule has 1 saturated carbocycles. The minimum atomic E-state index is -1.38. The Balaban J connectivity index is 2.16. The highest BCUT2D eigenvalue weighted by Crippen LogP contribution is 2.29. The highest BCUT2D eigenvalue weighted by atomic mass is 16.7. The number of nitrogens with two attached hydrogens (primary N) is 5. The fourth-order valence-corrected chi connectivity index (χ4v) is 4.05. The van der Waals surface area contributed by atoms with E-state index in [1.54, 1.807) is 0 Å². The minimum Gasteiger partial charge on any atom is -0.441 e. The van der Waals surface area contributed by atoms with E-state index in [2.05, 4.69) is 10.6 Å². The van der Waals surface area contributed by atoms with E-state index in [4.69, 9.17) is 42.9 Å². The minimum absolute atomic E-state index is 0.0507. The lowest BCUT2D eigenvalue weighted by atomic mass is 9.83. The summed E-state index contributed by atoms with van der Waals surface area (Å²) in [6.45, 7) is 1.05. The first-order valence-electron chi connectivity index (χ1n) is 11.7. The molecule has 14 nitrogen and oxygen atoms in total. The normalized spacial score (nSPS) is 34.8. The van der Waals surface area contributed by atoms with Gasteiger partial charge in [-0.25, -0.2) is 4.79 Å². The molecule has 2 rings (SSSR count). The van der Waals surface area contributed by atoms with Crippen molar-refractivity contribution in [3.8, 4) is 0 Å². The van der Waals surface area contributed by atoms with Crippen molar-refractivity contribution in [3.05, 3.63) is 0 Å². The van der Waals surface area contributed by atoms with Crippen molar-refractivity contribution >= 4 is 12.0 Å². The summed E-state index contributed by atoms with van der Waals surface area (Å²) in [4.78, 5) is 24.7. The van der Waals surface area contributed by atoms with Crippen LogP contribution in [0.4, 0.5) is 4.79 Å². The maximum absolute atomic E-state index is 12.4. The number of rotatable bonds is 11. The smallest absolute Gasteiger partial charge is 0.407 e. The van der Waals surface area contributed by atoms with Gasteiger partial charge < -0.3 is 63.7 Å². The maximum Gasteiger partial charge on any atom is 0.407 e. The number of hydrogen-bond donors (Lipinski definition) is 9. The van der Waals surface area contributed by atoms with Gasteiger partial charge in [0.2, 0.25) is 5.91 Å². The molecule has 14 heteroatoms. The highest BCUT2D eigenvalue weighted by Gasteiger charge is 2.48. The molecular formula is C20H41N7O7. The third kappa shape index (κ3) is 7.96. The second-order valence-corrected chi connectivity index (χ2v) is 8.74. The highest BCUT2D eigenvalue weighted by molar-refractivity contribution is 5.80. The predicted molar refractivity (Wildman–Crippen MR) is 122 cm³/mol. The average molecular weight is 492 g/mol. The zero-order valence-electron chi connectivity index (χ0n) is 19.4. The van der Waals surface area contributed by atoms with Gasteiger partial charge in [-0.05, 0) is 45.2 Å². The zero-order chi connectivity index (χ0) is 25.3. The van der Waals surface area contributed by atoms with Gasteiger partial charge in [0.25, 0.3) is 0 Å². The molecule has 0 aromatic heterocycles. The summed E-state index contributed by atoms with van der Waals surface area (Å²) in [6.07, 6.45) is -4.92. The Morgan fingerprint density at radius 3 is 2.47 bits per heavy atom. The van der Waals surface area contributed by atoms with Crippen molar-refractivity contribution in [1.82, 2.24) is 10.6 Å². The Kier molecular flexibility index (Phi) is 11.8. The molecule has 0 unspecified atom stereocenters. The molecular weight excluding hydrogens is 450 g/mol. The van der Waals surface area contributed by atoms with Crippen LogP contribution in [-0.4, -0.2) is 103 Å². The number of nitrogens with one attached hydrogen (secondary N) is 2. The first kappa shape index (κ1) is 28.6. The first-order chi connectivity index (χ1) is 16.2. The molecule has 0 aromatic rings. The second kappa shape index (κ2) is 14.1. The van der Waals surface area contributed by atoms with Crippen LogP contribution in [0.15, 0.2) is 0 Å². The van der Waals surface area contributed by atoms with Crippen molar-refractivity contribution in [2.24, 2.45) is 28.7 Å². The number of alkyl carbamates (subject to hydrolysis) is 1. The third-order valence-electron chi connectivity index (χ3n) is 6.04. The molecule has 0 spiro atoms. The van der Waals surface area contributed by atoms with Crippen molar-refractivity contribution in [1.29, 1.82) is 0 Å². The van der Waals surface area contributed by atoms with Crippen LogP contribution in [0.1, 0.15) is 32.1 Å². The molecule has 14 N–H and O–H groups in total. The topological polar surface area (TPSA) is 256 Å². The van der Waals surface area contributed by atoms with Crippen LogP contribution >= 0.6 is 0 Å². The van der Waals surface area contributed by atoms with E-state index in [9.17, 15) is 19.8 Å². The fourth-order valence-electron chi connectivity index (χ4n) is 4.05. The van der Waals surface area contributed by atoms with E-state index < -0.39 is 60.8 Å². The summed E-state index contributed by atoms with van der Waals surface area (Å²) in [6, 6.07) is -2.14. The summed E-state index contributed by atoms with van der Waals surface area (Å²) in [7, 11) is 0. The van der Waals surface area contributed by atoms with Crippen LogP contribution in [0.2, 0.25) is 0 Å². The third-order valence-corrected chi connectivity index (χ3v) is 6.04. The Hall–Kier alpha value is -1.62. The summed E-state index contributed by atoms with van der Waals surface area (Å²) in [5.74, 6) is -0.712. The molecule has 34 heavy (non-hydrogen) atoms. The molecule has 198 valence electrons. The molecule has 2 amide bonds. The van der Waals surface area contributed by atoms with Gasteiger partial charge in [-0.3, -0.25) is 4.79 Å².